The minimum absolute atomic E-state index is 0.250. The van der Waals surface area contributed by atoms with Gasteiger partial charge < -0.3 is 5.32 Å². The Bertz CT molecular complexity index is 361. The second-order valence-electron chi connectivity index (χ2n) is 2.96. The van der Waals surface area contributed by atoms with E-state index in [1.807, 2.05) is 19.1 Å². The van der Waals surface area contributed by atoms with Crippen molar-refractivity contribution >= 4 is 11.8 Å². The van der Waals surface area contributed by atoms with E-state index < -0.39 is 11.8 Å². The van der Waals surface area contributed by atoms with Crippen LogP contribution in [0.2, 0.25) is 0 Å². The molecule has 0 atom stereocenters. The van der Waals surface area contributed by atoms with Crippen LogP contribution in [0.15, 0.2) is 18.3 Å². The largest absolute Gasteiger partial charge is 0.344 e. The fraction of sp³-hybridized carbons (Fsp3) is 0.222. The Hall–Kier alpha value is -1.95. The topological polar surface area (TPSA) is 97.1 Å². The summed E-state index contributed by atoms with van der Waals surface area (Å²) in [5.74, 6) is 3.16. The van der Waals surface area contributed by atoms with Gasteiger partial charge in [-0.2, -0.15) is 0 Å². The zero-order valence-electron chi connectivity index (χ0n) is 8.28. The molecule has 0 unspecified atom stereocenters. The first-order valence-corrected chi connectivity index (χ1v) is 4.34. The molecular weight excluding hydrogens is 196 g/mol. The van der Waals surface area contributed by atoms with E-state index in [2.05, 4.69) is 10.3 Å². The van der Waals surface area contributed by atoms with Crippen molar-refractivity contribution in [3.63, 3.8) is 0 Å². The van der Waals surface area contributed by atoms with E-state index in [0.717, 1.165) is 11.3 Å². The molecule has 6 nitrogen and oxygen atoms in total. The highest BCUT2D eigenvalue weighted by Gasteiger charge is 2.10. The molecule has 0 radical (unpaired) electrons. The molecule has 1 rings (SSSR count). The highest BCUT2D eigenvalue weighted by atomic mass is 16.2. The Morgan fingerprint density at radius 2 is 2.13 bits per heavy atom. The molecule has 0 aliphatic carbocycles. The standard InChI is InChI=1S/C9H12N4O2/c1-6-2-3-7(4-11-6)5-12-8(14)9(15)13-10/h2-4H,5,10H2,1H3,(H,12,14)(H,13,15). The van der Waals surface area contributed by atoms with Gasteiger partial charge in [-0.25, -0.2) is 5.84 Å². The van der Waals surface area contributed by atoms with Crippen molar-refractivity contribution in [2.24, 2.45) is 5.84 Å². The van der Waals surface area contributed by atoms with Crippen LogP contribution in [0.25, 0.3) is 0 Å². The summed E-state index contributed by atoms with van der Waals surface area (Å²) >= 11 is 0. The molecule has 0 saturated carbocycles. The van der Waals surface area contributed by atoms with Crippen molar-refractivity contribution in [3.8, 4) is 0 Å². The number of amides is 2. The van der Waals surface area contributed by atoms with Crippen LogP contribution in [-0.4, -0.2) is 16.8 Å². The first-order valence-electron chi connectivity index (χ1n) is 4.34. The van der Waals surface area contributed by atoms with Gasteiger partial charge in [0.25, 0.3) is 0 Å². The third-order valence-electron chi connectivity index (χ3n) is 1.76. The van der Waals surface area contributed by atoms with Crippen LogP contribution < -0.4 is 16.6 Å². The quantitative estimate of drug-likeness (QED) is 0.251. The molecule has 1 aromatic heterocycles. The SMILES string of the molecule is Cc1ccc(CNC(=O)C(=O)NN)cn1. The van der Waals surface area contributed by atoms with Gasteiger partial charge in [0.1, 0.15) is 0 Å². The van der Waals surface area contributed by atoms with Crippen molar-refractivity contribution in [1.82, 2.24) is 15.7 Å². The molecule has 15 heavy (non-hydrogen) atoms. The Labute approximate surface area is 86.8 Å². The molecule has 0 spiro atoms. The average molecular weight is 208 g/mol. The number of hydrogen-bond donors (Lipinski definition) is 3. The average Bonchev–Trinajstić information content (AvgIpc) is 2.26. The zero-order valence-corrected chi connectivity index (χ0v) is 8.28. The predicted octanol–water partition coefficient (Wildman–Crippen LogP) is -1.00. The number of aromatic nitrogens is 1. The third-order valence-corrected chi connectivity index (χ3v) is 1.76. The maximum Gasteiger partial charge on any atom is 0.323 e. The number of rotatable bonds is 2. The van der Waals surface area contributed by atoms with Crippen LogP contribution in [0.4, 0.5) is 0 Å². The highest BCUT2D eigenvalue weighted by Crippen LogP contribution is 1.98. The Morgan fingerprint density at radius 3 is 2.67 bits per heavy atom. The summed E-state index contributed by atoms with van der Waals surface area (Å²) in [5, 5.41) is 2.40. The van der Waals surface area contributed by atoms with Gasteiger partial charge in [0, 0.05) is 18.4 Å². The zero-order chi connectivity index (χ0) is 11.3. The van der Waals surface area contributed by atoms with Crippen LogP contribution in [0.5, 0.6) is 0 Å². The number of pyridine rings is 1. The Morgan fingerprint density at radius 1 is 1.40 bits per heavy atom. The van der Waals surface area contributed by atoms with Gasteiger partial charge in [0.15, 0.2) is 0 Å². The molecule has 0 aliphatic heterocycles. The summed E-state index contributed by atoms with van der Waals surface area (Å²) in [6.45, 7) is 2.11. The molecule has 80 valence electrons. The Kier molecular flexibility index (Phi) is 3.75. The summed E-state index contributed by atoms with van der Waals surface area (Å²) in [4.78, 5) is 25.8. The van der Waals surface area contributed by atoms with E-state index in [1.54, 1.807) is 11.6 Å². The molecule has 1 heterocycles. The van der Waals surface area contributed by atoms with E-state index in [9.17, 15) is 9.59 Å². The summed E-state index contributed by atoms with van der Waals surface area (Å²) in [7, 11) is 0. The van der Waals surface area contributed by atoms with Crippen molar-refractivity contribution in [2.75, 3.05) is 0 Å². The van der Waals surface area contributed by atoms with Gasteiger partial charge in [0.05, 0.1) is 0 Å². The van der Waals surface area contributed by atoms with E-state index in [-0.39, 0.29) is 6.54 Å². The monoisotopic (exact) mass is 208 g/mol. The number of nitrogens with one attached hydrogen (secondary N) is 2. The molecule has 6 heteroatoms. The van der Waals surface area contributed by atoms with Crippen molar-refractivity contribution in [2.45, 2.75) is 13.5 Å². The van der Waals surface area contributed by atoms with Crippen LogP contribution >= 0.6 is 0 Å². The molecule has 0 aromatic carbocycles. The molecule has 0 bridgehead atoms. The fourth-order valence-electron chi connectivity index (χ4n) is 0.931. The number of hydrazine groups is 1. The van der Waals surface area contributed by atoms with Crippen molar-refractivity contribution in [1.29, 1.82) is 0 Å². The van der Waals surface area contributed by atoms with Gasteiger partial charge >= 0.3 is 11.8 Å². The molecule has 2 amide bonds. The number of aryl methyl sites for hydroxylation is 1. The van der Waals surface area contributed by atoms with Gasteiger partial charge in [-0.15, -0.1) is 0 Å². The number of nitrogens with zero attached hydrogens (tertiary/aromatic N) is 1. The lowest BCUT2D eigenvalue weighted by molar-refractivity contribution is -0.139. The second-order valence-corrected chi connectivity index (χ2v) is 2.96. The van der Waals surface area contributed by atoms with E-state index in [1.165, 1.54) is 0 Å². The minimum Gasteiger partial charge on any atom is -0.344 e. The van der Waals surface area contributed by atoms with E-state index in [0.29, 0.717) is 0 Å². The van der Waals surface area contributed by atoms with Crippen molar-refractivity contribution < 1.29 is 9.59 Å². The first-order chi connectivity index (χ1) is 7.13. The molecular formula is C9H12N4O2. The molecule has 0 aliphatic rings. The third kappa shape index (κ3) is 3.35. The maximum atomic E-state index is 11.0. The fourth-order valence-corrected chi connectivity index (χ4v) is 0.931. The minimum atomic E-state index is -0.866. The van der Waals surface area contributed by atoms with Gasteiger partial charge in [-0.05, 0) is 18.6 Å². The lowest BCUT2D eigenvalue weighted by atomic mass is 10.2. The van der Waals surface area contributed by atoms with Crippen molar-refractivity contribution in [3.05, 3.63) is 29.6 Å². The molecule has 0 saturated heterocycles. The summed E-state index contributed by atoms with van der Waals surface area (Å²) in [6.07, 6.45) is 1.63. The van der Waals surface area contributed by atoms with Crippen LogP contribution in [0, 0.1) is 6.92 Å². The number of hydrogen-bond acceptors (Lipinski definition) is 4. The van der Waals surface area contributed by atoms with Gasteiger partial charge in [-0.1, -0.05) is 6.07 Å². The molecule has 4 N–H and O–H groups in total. The lowest BCUT2D eigenvalue weighted by Crippen LogP contribution is -2.42. The predicted molar refractivity (Wildman–Crippen MR) is 53.2 cm³/mol. The van der Waals surface area contributed by atoms with Crippen LogP contribution in [0.3, 0.4) is 0 Å². The number of carbonyl (C=O) groups is 2. The number of carbonyl (C=O) groups excluding carboxylic acids is 2. The maximum absolute atomic E-state index is 11.0. The summed E-state index contributed by atoms with van der Waals surface area (Å²) in [6, 6.07) is 3.65. The number of nitrogens with two attached hydrogens (primary N) is 1. The van der Waals surface area contributed by atoms with Crippen LogP contribution in [-0.2, 0) is 16.1 Å². The molecule has 0 fully saturated rings. The summed E-state index contributed by atoms with van der Waals surface area (Å²) < 4.78 is 0. The van der Waals surface area contributed by atoms with E-state index >= 15 is 0 Å². The van der Waals surface area contributed by atoms with Gasteiger partial charge in [-0.3, -0.25) is 20.0 Å². The first kappa shape index (κ1) is 11.1. The Balaban J connectivity index is 2.47. The lowest BCUT2D eigenvalue weighted by Gasteiger charge is -2.03. The second kappa shape index (κ2) is 5.06. The summed E-state index contributed by atoms with van der Waals surface area (Å²) in [5.41, 5.74) is 3.46. The van der Waals surface area contributed by atoms with Gasteiger partial charge in [0.2, 0.25) is 0 Å². The smallest absolute Gasteiger partial charge is 0.323 e. The van der Waals surface area contributed by atoms with E-state index in [4.69, 9.17) is 5.84 Å². The highest BCUT2D eigenvalue weighted by molar-refractivity contribution is 6.34. The van der Waals surface area contributed by atoms with Crippen LogP contribution in [0.1, 0.15) is 11.3 Å². The molecule has 1 aromatic rings. The normalized spacial score (nSPS) is 9.47.